The molecule has 4 nitrogen and oxygen atoms in total. The molecule has 0 heterocycles. The molecule has 0 N–H and O–H groups in total. The maximum atomic E-state index is 12.2. The van der Waals surface area contributed by atoms with Crippen molar-refractivity contribution in [3.05, 3.63) is 47.2 Å². The van der Waals surface area contributed by atoms with Crippen LogP contribution in [-0.4, -0.2) is 18.0 Å². The van der Waals surface area contributed by atoms with E-state index in [-0.39, 0.29) is 5.78 Å². The van der Waals surface area contributed by atoms with E-state index in [2.05, 4.69) is 0 Å². The standard InChI is InChI=1S/C17H16O4/c18-11-17(9-10-17)15-13(19)7-4-8-14(15)21-16(20)12-5-2-1-3-6-12/h1-3,5-6,11H,4,7-10H2. The van der Waals surface area contributed by atoms with E-state index in [0.717, 1.165) is 6.29 Å². The number of hydrogen-bond acceptors (Lipinski definition) is 4. The van der Waals surface area contributed by atoms with Crippen molar-refractivity contribution in [3.63, 3.8) is 0 Å². The molecule has 1 aromatic carbocycles. The first kappa shape index (κ1) is 13.7. The fraction of sp³-hybridized carbons (Fsp3) is 0.353. The van der Waals surface area contributed by atoms with Crippen LogP contribution in [0.3, 0.4) is 0 Å². The largest absolute Gasteiger partial charge is 0.427 e. The topological polar surface area (TPSA) is 60.4 Å². The van der Waals surface area contributed by atoms with E-state index in [9.17, 15) is 14.4 Å². The van der Waals surface area contributed by atoms with Crippen LogP contribution in [0, 0.1) is 5.41 Å². The lowest BCUT2D eigenvalue weighted by Gasteiger charge is -2.22. The van der Waals surface area contributed by atoms with Crippen molar-refractivity contribution in [2.75, 3.05) is 0 Å². The van der Waals surface area contributed by atoms with Crippen LogP contribution in [0.2, 0.25) is 0 Å². The Morgan fingerprint density at radius 2 is 1.86 bits per heavy atom. The normalized spacial score (nSPS) is 20.1. The van der Waals surface area contributed by atoms with Gasteiger partial charge in [0.2, 0.25) is 0 Å². The van der Waals surface area contributed by atoms with Crippen molar-refractivity contribution in [1.82, 2.24) is 0 Å². The third-order valence-corrected chi connectivity index (χ3v) is 4.10. The summed E-state index contributed by atoms with van der Waals surface area (Å²) in [6.07, 6.45) is 3.80. The highest BCUT2D eigenvalue weighted by molar-refractivity contribution is 6.03. The van der Waals surface area contributed by atoms with E-state index in [1.807, 2.05) is 6.07 Å². The molecule has 0 bridgehead atoms. The van der Waals surface area contributed by atoms with Gasteiger partial charge in [-0.15, -0.1) is 0 Å². The Morgan fingerprint density at radius 1 is 1.14 bits per heavy atom. The van der Waals surface area contributed by atoms with Gasteiger partial charge in [-0.25, -0.2) is 4.79 Å². The Hall–Kier alpha value is -2.23. The maximum Gasteiger partial charge on any atom is 0.343 e. The molecule has 0 aliphatic heterocycles. The number of ether oxygens (including phenoxy) is 1. The Labute approximate surface area is 122 Å². The first-order valence-corrected chi connectivity index (χ1v) is 7.17. The van der Waals surface area contributed by atoms with Gasteiger partial charge in [-0.2, -0.15) is 0 Å². The minimum absolute atomic E-state index is 0.0540. The van der Waals surface area contributed by atoms with E-state index in [4.69, 9.17) is 4.74 Å². The first-order valence-electron chi connectivity index (χ1n) is 7.17. The molecule has 2 aliphatic carbocycles. The van der Waals surface area contributed by atoms with Crippen molar-refractivity contribution in [1.29, 1.82) is 0 Å². The fourth-order valence-electron chi connectivity index (χ4n) is 2.78. The smallest absolute Gasteiger partial charge is 0.343 e. The van der Waals surface area contributed by atoms with Crippen LogP contribution in [0.5, 0.6) is 0 Å². The van der Waals surface area contributed by atoms with Crippen molar-refractivity contribution >= 4 is 18.0 Å². The number of rotatable bonds is 4. The third kappa shape index (κ3) is 2.53. The first-order chi connectivity index (χ1) is 10.2. The third-order valence-electron chi connectivity index (χ3n) is 4.10. The summed E-state index contributed by atoms with van der Waals surface area (Å²) in [5.74, 6) is -0.133. The molecule has 0 unspecified atom stereocenters. The molecular weight excluding hydrogens is 268 g/mol. The molecule has 0 spiro atoms. The van der Waals surface area contributed by atoms with Crippen LogP contribution in [0.4, 0.5) is 0 Å². The zero-order chi connectivity index (χ0) is 14.9. The monoisotopic (exact) mass is 284 g/mol. The van der Waals surface area contributed by atoms with Crippen LogP contribution in [0.15, 0.2) is 41.7 Å². The number of carbonyl (C=O) groups excluding carboxylic acids is 3. The molecule has 108 valence electrons. The SMILES string of the molecule is O=CC1(C2=C(OC(=O)c3ccccc3)CCCC2=O)CC1. The molecule has 0 amide bonds. The minimum atomic E-state index is -0.691. The van der Waals surface area contributed by atoms with Crippen LogP contribution in [0.1, 0.15) is 42.5 Å². The number of allylic oxidation sites excluding steroid dienone is 2. The van der Waals surface area contributed by atoms with Gasteiger partial charge < -0.3 is 9.53 Å². The van der Waals surface area contributed by atoms with Crippen molar-refractivity contribution in [2.24, 2.45) is 5.41 Å². The second-order valence-corrected chi connectivity index (χ2v) is 5.60. The highest BCUT2D eigenvalue weighted by atomic mass is 16.5. The molecule has 1 saturated carbocycles. The van der Waals surface area contributed by atoms with Gasteiger partial charge in [0, 0.05) is 18.4 Å². The summed E-state index contributed by atoms with van der Waals surface area (Å²) in [6.45, 7) is 0. The van der Waals surface area contributed by atoms with Gasteiger partial charge in [0.1, 0.15) is 12.0 Å². The Bertz CT molecular complexity index is 623. The number of Topliss-reactive ketones (excluding diaryl/α,β-unsaturated/α-hetero) is 1. The molecule has 21 heavy (non-hydrogen) atoms. The second-order valence-electron chi connectivity index (χ2n) is 5.60. The summed E-state index contributed by atoms with van der Waals surface area (Å²) in [4.78, 5) is 35.6. The Morgan fingerprint density at radius 3 is 2.48 bits per heavy atom. The maximum absolute atomic E-state index is 12.2. The molecule has 0 radical (unpaired) electrons. The molecular formula is C17H16O4. The minimum Gasteiger partial charge on any atom is -0.427 e. The van der Waals surface area contributed by atoms with Gasteiger partial charge in [0.05, 0.1) is 11.0 Å². The van der Waals surface area contributed by atoms with Crippen LogP contribution in [-0.2, 0) is 14.3 Å². The van der Waals surface area contributed by atoms with E-state index < -0.39 is 11.4 Å². The van der Waals surface area contributed by atoms with E-state index in [0.29, 0.717) is 49.0 Å². The Balaban J connectivity index is 1.91. The highest BCUT2D eigenvalue weighted by Gasteiger charge is 2.51. The van der Waals surface area contributed by atoms with Gasteiger partial charge in [-0.3, -0.25) is 4.79 Å². The predicted octanol–water partition coefficient (Wildman–Crippen LogP) is 2.83. The molecule has 2 aliphatic rings. The molecule has 0 atom stereocenters. The quantitative estimate of drug-likeness (QED) is 0.630. The number of benzene rings is 1. The lowest BCUT2D eigenvalue weighted by molar-refractivity contribution is -0.119. The molecule has 0 saturated heterocycles. The average molecular weight is 284 g/mol. The predicted molar refractivity (Wildman–Crippen MR) is 75.5 cm³/mol. The molecule has 3 rings (SSSR count). The lowest BCUT2D eigenvalue weighted by atomic mass is 9.85. The second kappa shape index (κ2) is 5.28. The number of hydrogen-bond donors (Lipinski definition) is 0. The Kier molecular flexibility index (Phi) is 3.45. The lowest BCUT2D eigenvalue weighted by Crippen LogP contribution is -2.23. The van der Waals surface area contributed by atoms with Gasteiger partial charge in [-0.1, -0.05) is 18.2 Å². The fourth-order valence-corrected chi connectivity index (χ4v) is 2.78. The van der Waals surface area contributed by atoms with Crippen molar-refractivity contribution in [3.8, 4) is 0 Å². The van der Waals surface area contributed by atoms with E-state index >= 15 is 0 Å². The summed E-state index contributed by atoms with van der Waals surface area (Å²) in [5.41, 5.74) is 0.190. The van der Waals surface area contributed by atoms with Crippen molar-refractivity contribution in [2.45, 2.75) is 32.1 Å². The van der Waals surface area contributed by atoms with Crippen LogP contribution >= 0.6 is 0 Å². The zero-order valence-electron chi connectivity index (χ0n) is 11.6. The van der Waals surface area contributed by atoms with E-state index in [1.54, 1.807) is 24.3 Å². The molecule has 1 aromatic rings. The van der Waals surface area contributed by atoms with Gasteiger partial charge >= 0.3 is 5.97 Å². The summed E-state index contributed by atoms with van der Waals surface area (Å²) < 4.78 is 5.45. The number of carbonyl (C=O) groups is 3. The number of aldehydes is 1. The summed E-state index contributed by atoms with van der Waals surface area (Å²) in [7, 11) is 0. The van der Waals surface area contributed by atoms with E-state index in [1.165, 1.54) is 0 Å². The molecule has 0 aromatic heterocycles. The summed E-state index contributed by atoms with van der Waals surface area (Å²) in [6, 6.07) is 8.66. The summed E-state index contributed by atoms with van der Waals surface area (Å²) >= 11 is 0. The van der Waals surface area contributed by atoms with Gasteiger partial charge in [-0.05, 0) is 31.4 Å². The number of esters is 1. The zero-order valence-corrected chi connectivity index (χ0v) is 11.6. The summed E-state index contributed by atoms with van der Waals surface area (Å²) in [5, 5.41) is 0. The number of ketones is 1. The molecule has 1 fully saturated rings. The molecule has 4 heteroatoms. The highest BCUT2D eigenvalue weighted by Crippen LogP contribution is 2.53. The van der Waals surface area contributed by atoms with Crippen LogP contribution in [0.25, 0.3) is 0 Å². The van der Waals surface area contributed by atoms with Gasteiger partial charge in [0.25, 0.3) is 0 Å². The van der Waals surface area contributed by atoms with Crippen LogP contribution < -0.4 is 0 Å². The average Bonchev–Trinajstić information content (AvgIpc) is 3.29. The van der Waals surface area contributed by atoms with Crippen molar-refractivity contribution < 1.29 is 19.1 Å². The van der Waals surface area contributed by atoms with Gasteiger partial charge in [0.15, 0.2) is 5.78 Å².